The van der Waals surface area contributed by atoms with Crippen molar-refractivity contribution in [2.75, 3.05) is 19.7 Å². The number of benzene rings is 3. The van der Waals surface area contributed by atoms with Gasteiger partial charge in [-0.15, -0.1) is 0 Å². The smallest absolute Gasteiger partial charge is 0.243 e. The molecule has 1 unspecified atom stereocenters. The Morgan fingerprint density at radius 2 is 1.80 bits per heavy atom. The number of sulfonamides is 1. The SMILES string of the molecule is N#Cc1ccc(COCC2CCCN(S(=O)(=O)c3ccc4ccccc4c3)C2)cc1. The van der Waals surface area contributed by atoms with E-state index in [9.17, 15) is 8.42 Å². The molecule has 0 saturated carbocycles. The number of rotatable bonds is 6. The number of hydrogen-bond acceptors (Lipinski definition) is 4. The van der Waals surface area contributed by atoms with Gasteiger partial charge in [-0.1, -0.05) is 42.5 Å². The zero-order chi connectivity index (χ0) is 21.0. The Kier molecular flexibility index (Phi) is 6.14. The van der Waals surface area contributed by atoms with Crippen molar-refractivity contribution >= 4 is 20.8 Å². The van der Waals surface area contributed by atoms with Crippen molar-refractivity contribution in [1.29, 1.82) is 5.26 Å². The number of hydrogen-bond donors (Lipinski definition) is 0. The van der Waals surface area contributed by atoms with Crippen LogP contribution in [-0.4, -0.2) is 32.4 Å². The van der Waals surface area contributed by atoms with E-state index < -0.39 is 10.0 Å². The van der Waals surface area contributed by atoms with Crippen LogP contribution in [0.5, 0.6) is 0 Å². The molecular formula is C24H24N2O3S. The van der Waals surface area contributed by atoms with E-state index in [4.69, 9.17) is 10.00 Å². The standard InChI is InChI=1S/C24H24N2O3S/c25-15-19-7-9-20(10-8-19)17-29-18-21-4-3-13-26(16-21)30(27,28)24-12-11-22-5-1-2-6-23(22)14-24/h1-2,5-12,14,21H,3-4,13,16-18H2. The minimum atomic E-state index is -3.52. The summed E-state index contributed by atoms with van der Waals surface area (Å²) in [5.41, 5.74) is 1.63. The highest BCUT2D eigenvalue weighted by Crippen LogP contribution is 2.26. The molecule has 1 aliphatic rings. The van der Waals surface area contributed by atoms with Crippen LogP contribution >= 0.6 is 0 Å². The Labute approximate surface area is 177 Å². The first-order valence-corrected chi connectivity index (χ1v) is 11.6. The second-order valence-corrected chi connectivity index (χ2v) is 9.64. The second-order valence-electron chi connectivity index (χ2n) is 7.70. The summed E-state index contributed by atoms with van der Waals surface area (Å²) in [6.45, 7) is 1.99. The maximum absolute atomic E-state index is 13.2. The lowest BCUT2D eigenvalue weighted by Gasteiger charge is -2.31. The summed E-state index contributed by atoms with van der Waals surface area (Å²) in [4.78, 5) is 0.348. The molecule has 1 atom stereocenters. The molecular weight excluding hydrogens is 396 g/mol. The van der Waals surface area contributed by atoms with Gasteiger partial charge in [0.25, 0.3) is 0 Å². The molecule has 0 bridgehead atoms. The van der Waals surface area contributed by atoms with Crippen LogP contribution in [0.15, 0.2) is 71.6 Å². The van der Waals surface area contributed by atoms with E-state index in [0.717, 1.165) is 29.2 Å². The summed E-state index contributed by atoms with van der Waals surface area (Å²) >= 11 is 0. The molecule has 0 spiro atoms. The van der Waals surface area contributed by atoms with Gasteiger partial charge < -0.3 is 4.74 Å². The van der Waals surface area contributed by atoms with Crippen molar-refractivity contribution in [3.05, 3.63) is 77.9 Å². The molecule has 0 radical (unpaired) electrons. The van der Waals surface area contributed by atoms with E-state index >= 15 is 0 Å². The minimum Gasteiger partial charge on any atom is -0.376 e. The fourth-order valence-electron chi connectivity index (χ4n) is 3.88. The van der Waals surface area contributed by atoms with Gasteiger partial charge in [-0.3, -0.25) is 0 Å². The van der Waals surface area contributed by atoms with Gasteiger partial charge >= 0.3 is 0 Å². The van der Waals surface area contributed by atoms with Crippen molar-refractivity contribution in [2.24, 2.45) is 5.92 Å². The van der Waals surface area contributed by atoms with Gasteiger partial charge in [0.2, 0.25) is 10.0 Å². The topological polar surface area (TPSA) is 70.4 Å². The van der Waals surface area contributed by atoms with Crippen LogP contribution in [0, 0.1) is 17.2 Å². The van der Waals surface area contributed by atoms with E-state index in [1.165, 1.54) is 0 Å². The molecule has 6 heteroatoms. The van der Waals surface area contributed by atoms with E-state index in [2.05, 4.69) is 6.07 Å². The molecule has 1 saturated heterocycles. The van der Waals surface area contributed by atoms with Crippen molar-refractivity contribution in [1.82, 2.24) is 4.31 Å². The molecule has 0 N–H and O–H groups in total. The molecule has 0 amide bonds. The average Bonchev–Trinajstić information content (AvgIpc) is 2.79. The highest BCUT2D eigenvalue weighted by Gasteiger charge is 2.30. The maximum Gasteiger partial charge on any atom is 0.243 e. The zero-order valence-electron chi connectivity index (χ0n) is 16.7. The molecule has 1 aliphatic heterocycles. The number of ether oxygens (including phenoxy) is 1. The largest absolute Gasteiger partial charge is 0.376 e. The Morgan fingerprint density at radius 1 is 1.03 bits per heavy atom. The van der Waals surface area contributed by atoms with Crippen LogP contribution in [0.3, 0.4) is 0 Å². The summed E-state index contributed by atoms with van der Waals surface area (Å²) in [5, 5.41) is 10.8. The highest BCUT2D eigenvalue weighted by atomic mass is 32.2. The Bertz CT molecular complexity index is 1170. The maximum atomic E-state index is 13.2. The van der Waals surface area contributed by atoms with E-state index in [-0.39, 0.29) is 5.92 Å². The fraction of sp³-hybridized carbons (Fsp3) is 0.292. The average molecular weight is 421 g/mol. The van der Waals surface area contributed by atoms with Crippen LogP contribution in [0.4, 0.5) is 0 Å². The zero-order valence-corrected chi connectivity index (χ0v) is 17.5. The number of nitriles is 1. The first-order chi connectivity index (χ1) is 14.6. The monoisotopic (exact) mass is 420 g/mol. The summed E-state index contributed by atoms with van der Waals surface area (Å²) in [5.74, 6) is 0.173. The molecule has 154 valence electrons. The van der Waals surface area contributed by atoms with Crippen molar-refractivity contribution in [2.45, 2.75) is 24.3 Å². The van der Waals surface area contributed by atoms with E-state index in [1.807, 2.05) is 42.5 Å². The van der Waals surface area contributed by atoms with Crippen LogP contribution in [0.2, 0.25) is 0 Å². The minimum absolute atomic E-state index is 0.173. The number of nitrogens with zero attached hydrogens (tertiary/aromatic N) is 2. The molecule has 4 rings (SSSR count). The highest BCUT2D eigenvalue weighted by molar-refractivity contribution is 7.89. The molecule has 0 aromatic heterocycles. The van der Waals surface area contributed by atoms with Gasteiger partial charge in [-0.2, -0.15) is 9.57 Å². The molecule has 1 heterocycles. The number of fused-ring (bicyclic) bond motifs is 1. The molecule has 0 aliphatic carbocycles. The third kappa shape index (κ3) is 4.54. The molecule has 3 aromatic rings. The van der Waals surface area contributed by atoms with Crippen molar-refractivity contribution in [3.8, 4) is 6.07 Å². The lowest BCUT2D eigenvalue weighted by Crippen LogP contribution is -2.41. The molecule has 30 heavy (non-hydrogen) atoms. The summed E-state index contributed by atoms with van der Waals surface area (Å²) < 4.78 is 33.8. The first-order valence-electron chi connectivity index (χ1n) is 10.1. The Balaban J connectivity index is 1.39. The van der Waals surface area contributed by atoms with Crippen LogP contribution < -0.4 is 0 Å². The lowest BCUT2D eigenvalue weighted by molar-refractivity contribution is 0.0672. The number of piperidine rings is 1. The Hall–Kier alpha value is -2.72. The summed E-state index contributed by atoms with van der Waals surface area (Å²) in [7, 11) is -3.52. The van der Waals surface area contributed by atoms with Crippen LogP contribution in [0.1, 0.15) is 24.0 Å². The van der Waals surface area contributed by atoms with Crippen LogP contribution in [0.25, 0.3) is 10.8 Å². The van der Waals surface area contributed by atoms with Gasteiger partial charge in [-0.25, -0.2) is 8.42 Å². The third-order valence-electron chi connectivity index (χ3n) is 5.55. The van der Waals surface area contributed by atoms with Crippen LogP contribution in [-0.2, 0) is 21.4 Å². The molecule has 3 aromatic carbocycles. The molecule has 5 nitrogen and oxygen atoms in total. The van der Waals surface area contributed by atoms with Crippen molar-refractivity contribution in [3.63, 3.8) is 0 Å². The van der Waals surface area contributed by atoms with Gasteiger partial charge in [0, 0.05) is 13.1 Å². The Morgan fingerprint density at radius 3 is 2.57 bits per heavy atom. The van der Waals surface area contributed by atoms with Gasteiger partial charge in [0.05, 0.1) is 29.7 Å². The normalized spacial score (nSPS) is 17.6. The van der Waals surface area contributed by atoms with E-state index in [0.29, 0.717) is 36.8 Å². The van der Waals surface area contributed by atoms with Gasteiger partial charge in [0.15, 0.2) is 0 Å². The molecule has 1 fully saturated rings. The third-order valence-corrected chi connectivity index (χ3v) is 7.41. The first kappa shape index (κ1) is 20.5. The summed E-state index contributed by atoms with van der Waals surface area (Å²) in [6.07, 6.45) is 1.79. The van der Waals surface area contributed by atoms with Gasteiger partial charge in [0.1, 0.15) is 0 Å². The second kappa shape index (κ2) is 8.97. The quantitative estimate of drug-likeness (QED) is 0.595. The van der Waals surface area contributed by atoms with Crippen molar-refractivity contribution < 1.29 is 13.2 Å². The lowest BCUT2D eigenvalue weighted by atomic mass is 10.0. The van der Waals surface area contributed by atoms with E-state index in [1.54, 1.807) is 28.6 Å². The fourth-order valence-corrected chi connectivity index (χ4v) is 5.47. The van der Waals surface area contributed by atoms with Gasteiger partial charge in [-0.05, 0) is 59.4 Å². The predicted octanol–water partition coefficient (Wildman–Crippen LogP) is 4.33. The summed E-state index contributed by atoms with van der Waals surface area (Å²) in [6, 6.07) is 22.5. The predicted molar refractivity (Wildman–Crippen MR) is 116 cm³/mol.